The smallest absolute Gasteiger partial charge is 0.348 e. The lowest BCUT2D eigenvalue weighted by molar-refractivity contribution is -0.119. The van der Waals surface area contributed by atoms with E-state index in [9.17, 15) is 18.0 Å². The van der Waals surface area contributed by atoms with Gasteiger partial charge in [-0.1, -0.05) is 30.1 Å². The number of nitrogens with two attached hydrogens (primary N) is 1. The van der Waals surface area contributed by atoms with Gasteiger partial charge in [-0.2, -0.15) is 0 Å². The number of thiophene rings is 1. The van der Waals surface area contributed by atoms with Gasteiger partial charge in [-0.15, -0.1) is 11.3 Å². The van der Waals surface area contributed by atoms with Crippen molar-refractivity contribution < 1.29 is 22.7 Å². The fourth-order valence-electron chi connectivity index (χ4n) is 3.02. The molecular weight excluding hydrogens is 459 g/mol. The molecule has 11 heteroatoms. The predicted octanol–water partition coefficient (Wildman–Crippen LogP) is 3.62. The number of hydrogen-bond acceptors (Lipinski definition) is 6. The van der Waals surface area contributed by atoms with Crippen molar-refractivity contribution >= 4 is 62.1 Å². The summed E-state index contributed by atoms with van der Waals surface area (Å²) in [6.07, 6.45) is 2.97. The van der Waals surface area contributed by atoms with Crippen LogP contribution in [0.25, 0.3) is 0 Å². The number of sulfonamides is 1. The molecule has 2 aromatic rings. The summed E-state index contributed by atoms with van der Waals surface area (Å²) in [6, 6.07) is 3.97. The fourth-order valence-corrected chi connectivity index (χ4v) is 5.40. The van der Waals surface area contributed by atoms with Crippen molar-refractivity contribution in [1.29, 1.82) is 0 Å². The Hall–Kier alpha value is -1.65. The van der Waals surface area contributed by atoms with Crippen molar-refractivity contribution in [1.82, 2.24) is 0 Å². The lowest BCUT2D eigenvalue weighted by Gasteiger charge is -2.16. The maximum atomic E-state index is 12.3. The molecular formula is C18H18Cl2N2O5S2. The standard InChI is InChI=1S/C18H18Cl2N2O5S2/c1-9-2-3-14-10(4-9)5-15(28-14)18(24)27-8-16(23)22-17-12(19)6-11(7-13(17)20)29(21,25)26/h5-7,9H,2-4,8H2,1H3,(H,22,23)(H2,21,25,26)/t9-/m1/s1. The van der Waals surface area contributed by atoms with Crippen LogP contribution in [0.3, 0.4) is 0 Å². The number of ether oxygens (including phenoxy) is 1. The third kappa shape index (κ3) is 5.29. The molecule has 1 aliphatic rings. The van der Waals surface area contributed by atoms with Crippen molar-refractivity contribution in [2.45, 2.75) is 31.1 Å². The van der Waals surface area contributed by atoms with Gasteiger partial charge in [-0.05, 0) is 48.9 Å². The number of carbonyl (C=O) groups is 2. The monoisotopic (exact) mass is 476 g/mol. The summed E-state index contributed by atoms with van der Waals surface area (Å²) >= 11 is 13.4. The summed E-state index contributed by atoms with van der Waals surface area (Å²) < 4.78 is 27.9. The zero-order valence-corrected chi connectivity index (χ0v) is 18.5. The molecule has 0 aliphatic heterocycles. The second-order valence-electron chi connectivity index (χ2n) is 6.84. The third-order valence-corrected chi connectivity index (χ3v) is 7.18. The average Bonchev–Trinajstić information content (AvgIpc) is 3.05. The number of halogens is 2. The number of primary sulfonamides is 1. The first-order chi connectivity index (χ1) is 13.5. The number of aryl methyl sites for hydroxylation is 1. The molecule has 1 aromatic carbocycles. The minimum atomic E-state index is -4.00. The molecule has 1 aromatic heterocycles. The van der Waals surface area contributed by atoms with E-state index in [1.807, 2.05) is 6.07 Å². The van der Waals surface area contributed by atoms with E-state index in [1.165, 1.54) is 21.8 Å². The molecule has 156 valence electrons. The predicted molar refractivity (Wildman–Crippen MR) is 112 cm³/mol. The highest BCUT2D eigenvalue weighted by Gasteiger charge is 2.22. The maximum absolute atomic E-state index is 12.3. The first-order valence-electron chi connectivity index (χ1n) is 8.65. The zero-order chi connectivity index (χ0) is 21.3. The molecule has 0 fully saturated rings. The number of esters is 1. The fraction of sp³-hybridized carbons (Fsp3) is 0.333. The average molecular weight is 477 g/mol. The number of fused-ring (bicyclic) bond motifs is 1. The van der Waals surface area contributed by atoms with Gasteiger partial charge < -0.3 is 10.1 Å². The van der Waals surface area contributed by atoms with E-state index in [-0.39, 0.29) is 20.6 Å². The maximum Gasteiger partial charge on any atom is 0.348 e. The third-order valence-electron chi connectivity index (χ3n) is 4.47. The zero-order valence-electron chi connectivity index (χ0n) is 15.3. The van der Waals surface area contributed by atoms with Gasteiger partial charge in [0.05, 0.1) is 20.6 Å². The van der Waals surface area contributed by atoms with Crippen LogP contribution in [0.4, 0.5) is 5.69 Å². The van der Waals surface area contributed by atoms with E-state index in [1.54, 1.807) is 0 Å². The van der Waals surface area contributed by atoms with E-state index >= 15 is 0 Å². The van der Waals surface area contributed by atoms with Gasteiger partial charge in [0.2, 0.25) is 10.0 Å². The van der Waals surface area contributed by atoms with Crippen LogP contribution >= 0.6 is 34.5 Å². The van der Waals surface area contributed by atoms with Crippen LogP contribution in [-0.4, -0.2) is 26.9 Å². The van der Waals surface area contributed by atoms with Crippen LogP contribution in [0.5, 0.6) is 0 Å². The van der Waals surface area contributed by atoms with Gasteiger partial charge in [-0.3, -0.25) is 4.79 Å². The molecule has 0 spiro atoms. The Morgan fingerprint density at radius 3 is 2.55 bits per heavy atom. The summed E-state index contributed by atoms with van der Waals surface area (Å²) in [5, 5.41) is 7.22. The van der Waals surface area contributed by atoms with E-state index in [0.29, 0.717) is 10.8 Å². The second kappa shape index (κ2) is 8.61. The lowest BCUT2D eigenvalue weighted by Crippen LogP contribution is -2.21. The molecule has 0 radical (unpaired) electrons. The highest BCUT2D eigenvalue weighted by Crippen LogP contribution is 2.34. The van der Waals surface area contributed by atoms with Crippen molar-refractivity contribution in [3.63, 3.8) is 0 Å². The minimum absolute atomic E-state index is 0.00218. The molecule has 0 saturated heterocycles. The van der Waals surface area contributed by atoms with E-state index in [4.69, 9.17) is 33.1 Å². The summed E-state index contributed by atoms with van der Waals surface area (Å²) in [4.78, 5) is 25.8. The SMILES string of the molecule is C[C@@H]1CCc2sc(C(=O)OCC(=O)Nc3c(Cl)cc(S(N)(=O)=O)cc3Cl)cc2C1. The molecule has 29 heavy (non-hydrogen) atoms. The number of amides is 1. The summed E-state index contributed by atoms with van der Waals surface area (Å²) in [5.41, 5.74) is 1.17. The van der Waals surface area contributed by atoms with Crippen LogP contribution in [0.2, 0.25) is 10.0 Å². The Kier molecular flexibility index (Phi) is 6.54. The number of rotatable bonds is 5. The summed E-state index contributed by atoms with van der Waals surface area (Å²) in [6.45, 7) is 1.64. The second-order valence-corrected chi connectivity index (χ2v) is 10.4. The molecule has 0 bridgehead atoms. The van der Waals surface area contributed by atoms with Gasteiger partial charge in [0.1, 0.15) is 4.88 Å². The van der Waals surface area contributed by atoms with E-state index in [2.05, 4.69) is 12.2 Å². The van der Waals surface area contributed by atoms with Gasteiger partial charge in [0.25, 0.3) is 5.91 Å². The molecule has 1 amide bonds. The van der Waals surface area contributed by atoms with Crippen LogP contribution in [0.15, 0.2) is 23.1 Å². The highest BCUT2D eigenvalue weighted by molar-refractivity contribution is 7.89. The summed E-state index contributed by atoms with van der Waals surface area (Å²) in [7, 11) is -4.00. The molecule has 1 heterocycles. The topological polar surface area (TPSA) is 116 Å². The van der Waals surface area contributed by atoms with Crippen LogP contribution in [0, 0.1) is 5.92 Å². The molecule has 3 N–H and O–H groups in total. The molecule has 0 unspecified atom stereocenters. The Bertz CT molecular complexity index is 1060. The Morgan fingerprint density at radius 1 is 1.28 bits per heavy atom. The quantitative estimate of drug-likeness (QED) is 0.639. The number of benzene rings is 1. The summed E-state index contributed by atoms with van der Waals surface area (Å²) in [5.74, 6) is -0.656. The number of nitrogens with one attached hydrogen (secondary N) is 1. The number of carbonyl (C=O) groups excluding carboxylic acids is 2. The Morgan fingerprint density at radius 2 is 1.93 bits per heavy atom. The van der Waals surface area contributed by atoms with Crippen molar-refractivity contribution in [2.24, 2.45) is 11.1 Å². The van der Waals surface area contributed by atoms with E-state index in [0.717, 1.165) is 31.4 Å². The van der Waals surface area contributed by atoms with Crippen molar-refractivity contribution in [3.05, 3.63) is 43.6 Å². The normalized spacial score (nSPS) is 16.2. The van der Waals surface area contributed by atoms with Gasteiger partial charge >= 0.3 is 5.97 Å². The van der Waals surface area contributed by atoms with Crippen LogP contribution < -0.4 is 10.5 Å². The first kappa shape index (κ1) is 22.0. The Labute approximate surface area is 182 Å². The van der Waals surface area contributed by atoms with Crippen LogP contribution in [-0.2, 0) is 32.4 Å². The molecule has 1 aliphatic carbocycles. The van der Waals surface area contributed by atoms with E-state index < -0.39 is 28.5 Å². The van der Waals surface area contributed by atoms with Gasteiger partial charge in [0, 0.05) is 4.88 Å². The number of hydrogen-bond donors (Lipinski definition) is 2. The lowest BCUT2D eigenvalue weighted by atomic mass is 9.90. The Balaban J connectivity index is 1.62. The first-order valence-corrected chi connectivity index (χ1v) is 11.8. The van der Waals surface area contributed by atoms with Crippen molar-refractivity contribution in [3.8, 4) is 0 Å². The highest BCUT2D eigenvalue weighted by atomic mass is 35.5. The largest absolute Gasteiger partial charge is 0.451 e. The molecule has 7 nitrogen and oxygen atoms in total. The van der Waals surface area contributed by atoms with Crippen LogP contribution in [0.1, 0.15) is 33.5 Å². The van der Waals surface area contributed by atoms with Gasteiger partial charge in [-0.25, -0.2) is 18.4 Å². The van der Waals surface area contributed by atoms with Gasteiger partial charge in [0.15, 0.2) is 6.61 Å². The molecule has 0 saturated carbocycles. The molecule has 3 rings (SSSR count). The molecule has 1 atom stereocenters. The number of anilines is 1. The minimum Gasteiger partial charge on any atom is -0.451 e. The van der Waals surface area contributed by atoms with Crippen molar-refractivity contribution in [2.75, 3.05) is 11.9 Å².